The zero-order valence-corrected chi connectivity index (χ0v) is 21.0. The Bertz CT molecular complexity index is 1110. The number of nitrogens with zero attached hydrogens (tertiary/aromatic N) is 2. The molecular formula is C29H35FN4O2. The number of hydrogen-bond donors (Lipinski definition) is 2. The fourth-order valence-electron chi connectivity index (χ4n) is 5.06. The van der Waals surface area contributed by atoms with E-state index in [1.807, 2.05) is 6.20 Å². The fourth-order valence-corrected chi connectivity index (χ4v) is 5.06. The van der Waals surface area contributed by atoms with Gasteiger partial charge in [-0.15, -0.1) is 0 Å². The molecule has 2 aromatic rings. The van der Waals surface area contributed by atoms with E-state index in [0.717, 1.165) is 43.6 Å². The number of nitrogens with one attached hydrogen (secondary N) is 2. The van der Waals surface area contributed by atoms with Crippen LogP contribution in [0.3, 0.4) is 0 Å². The maximum absolute atomic E-state index is 15.3. The summed E-state index contributed by atoms with van der Waals surface area (Å²) < 4.78 is 20.7. The first kappa shape index (κ1) is 24.7. The highest BCUT2D eigenvalue weighted by molar-refractivity contribution is 5.70. The van der Waals surface area contributed by atoms with Crippen LogP contribution in [0.5, 0.6) is 0 Å². The van der Waals surface area contributed by atoms with Crippen molar-refractivity contribution in [2.75, 3.05) is 26.2 Å². The summed E-state index contributed by atoms with van der Waals surface area (Å²) in [5.74, 6) is 0.731. The van der Waals surface area contributed by atoms with Crippen molar-refractivity contribution in [2.45, 2.75) is 50.7 Å². The quantitative estimate of drug-likeness (QED) is 0.572. The van der Waals surface area contributed by atoms with E-state index in [-0.39, 0.29) is 12.6 Å². The van der Waals surface area contributed by atoms with Gasteiger partial charge in [0.2, 0.25) is 0 Å². The van der Waals surface area contributed by atoms with Crippen LogP contribution in [0.1, 0.15) is 41.9 Å². The molecule has 2 aliphatic heterocycles. The van der Waals surface area contributed by atoms with Gasteiger partial charge in [-0.1, -0.05) is 23.3 Å². The van der Waals surface area contributed by atoms with E-state index in [4.69, 9.17) is 4.74 Å². The highest BCUT2D eigenvalue weighted by atomic mass is 19.1. The summed E-state index contributed by atoms with van der Waals surface area (Å²) in [6.45, 7) is 6.68. The zero-order valence-electron chi connectivity index (χ0n) is 21.0. The second-order valence-electron chi connectivity index (χ2n) is 10.4. The smallest absolute Gasteiger partial charge is 0.417 e. The zero-order chi connectivity index (χ0) is 25.1. The average Bonchev–Trinajstić information content (AvgIpc) is 3.67. The van der Waals surface area contributed by atoms with Gasteiger partial charge in [0, 0.05) is 42.7 Å². The molecule has 7 heteroatoms. The van der Waals surface area contributed by atoms with E-state index >= 15 is 4.39 Å². The van der Waals surface area contributed by atoms with Crippen molar-refractivity contribution in [1.29, 1.82) is 0 Å². The first-order chi connectivity index (χ1) is 17.4. The van der Waals surface area contributed by atoms with Crippen molar-refractivity contribution < 1.29 is 13.9 Å². The van der Waals surface area contributed by atoms with Crippen molar-refractivity contribution in [2.24, 2.45) is 5.92 Å². The summed E-state index contributed by atoms with van der Waals surface area (Å²) in [7, 11) is 0. The Balaban J connectivity index is 1.08. The highest BCUT2D eigenvalue weighted by Crippen LogP contribution is 2.41. The standard InChI is InChI=1S/C29H35FN4O2/c1-20-13-21(2)15-24(14-20)26-4-3-23(17-32-26)25-16-27(25)33-19-29(30)7-11-34(12-8-29)28(35)36-18-22-5-9-31-10-6-22/h3-4,7-8,11-15,17,22,25,27,31,33H,5-6,9-10,16,18-19H2,1-2H3. The number of alkyl halides is 1. The van der Waals surface area contributed by atoms with Crippen molar-refractivity contribution in [3.63, 3.8) is 0 Å². The molecule has 1 aromatic carbocycles. The third kappa shape index (κ3) is 6.02. The fraction of sp³-hybridized carbons (Fsp3) is 0.448. The molecular weight excluding hydrogens is 455 g/mol. The summed E-state index contributed by atoms with van der Waals surface area (Å²) >= 11 is 0. The van der Waals surface area contributed by atoms with Crippen LogP contribution in [0.2, 0.25) is 0 Å². The number of ether oxygens (including phenoxy) is 1. The topological polar surface area (TPSA) is 66.5 Å². The van der Waals surface area contributed by atoms with Gasteiger partial charge in [0.05, 0.1) is 12.3 Å². The number of carbonyl (C=O) groups excluding carboxylic acids is 1. The maximum Gasteiger partial charge on any atom is 0.417 e. The number of amides is 1. The molecule has 190 valence electrons. The number of carbonyl (C=O) groups is 1. The predicted octanol–water partition coefficient (Wildman–Crippen LogP) is 5.00. The Kier molecular flexibility index (Phi) is 7.21. The Labute approximate surface area is 212 Å². The third-order valence-corrected chi connectivity index (χ3v) is 7.29. The SMILES string of the molecule is Cc1cc(C)cc(-c2ccc(C3CC3NCC3(F)C=CN(C(=O)OCC4CCNCC4)C=C3)cn2)c1. The molecule has 1 amide bonds. The van der Waals surface area contributed by atoms with Crippen molar-refractivity contribution in [3.05, 3.63) is 77.8 Å². The van der Waals surface area contributed by atoms with E-state index in [9.17, 15) is 4.79 Å². The number of piperidine rings is 1. The normalized spacial score (nSPS) is 23.0. The number of aryl methyl sites for hydroxylation is 2. The Morgan fingerprint density at radius 2 is 1.89 bits per heavy atom. The molecule has 0 radical (unpaired) electrons. The van der Waals surface area contributed by atoms with Gasteiger partial charge < -0.3 is 15.4 Å². The number of benzene rings is 1. The molecule has 2 atom stereocenters. The van der Waals surface area contributed by atoms with Crippen LogP contribution in [-0.2, 0) is 4.74 Å². The Hall–Kier alpha value is -3.03. The summed E-state index contributed by atoms with van der Waals surface area (Å²) in [6.07, 6.45) is 10.2. The molecule has 2 N–H and O–H groups in total. The van der Waals surface area contributed by atoms with E-state index in [1.165, 1.54) is 46.1 Å². The van der Waals surface area contributed by atoms with Crippen molar-refractivity contribution in [1.82, 2.24) is 20.5 Å². The maximum atomic E-state index is 15.3. The van der Waals surface area contributed by atoms with Crippen molar-refractivity contribution >= 4 is 6.09 Å². The van der Waals surface area contributed by atoms with Crippen LogP contribution in [0.4, 0.5) is 9.18 Å². The number of rotatable bonds is 7. The van der Waals surface area contributed by atoms with Gasteiger partial charge >= 0.3 is 6.09 Å². The van der Waals surface area contributed by atoms with Crippen LogP contribution < -0.4 is 10.6 Å². The molecule has 0 bridgehead atoms. The lowest BCUT2D eigenvalue weighted by atomic mass is 9.99. The Morgan fingerprint density at radius 1 is 1.17 bits per heavy atom. The van der Waals surface area contributed by atoms with Crippen LogP contribution >= 0.6 is 0 Å². The summed E-state index contributed by atoms with van der Waals surface area (Å²) in [6, 6.07) is 10.9. The van der Waals surface area contributed by atoms with Gasteiger partial charge in [-0.3, -0.25) is 9.88 Å². The predicted molar refractivity (Wildman–Crippen MR) is 139 cm³/mol. The van der Waals surface area contributed by atoms with Gasteiger partial charge in [-0.05, 0) is 88.0 Å². The first-order valence-corrected chi connectivity index (χ1v) is 12.9. The van der Waals surface area contributed by atoms with Crippen LogP contribution in [0.15, 0.2) is 61.1 Å². The molecule has 5 rings (SSSR count). The Morgan fingerprint density at radius 3 is 2.56 bits per heavy atom. The number of aromatic nitrogens is 1. The van der Waals surface area contributed by atoms with E-state index in [2.05, 4.69) is 59.8 Å². The third-order valence-electron chi connectivity index (χ3n) is 7.29. The molecule has 1 saturated carbocycles. The molecule has 3 aliphatic rings. The van der Waals surface area contributed by atoms with Gasteiger partial charge in [0.15, 0.2) is 5.67 Å². The molecule has 3 heterocycles. The summed E-state index contributed by atoms with van der Waals surface area (Å²) in [5, 5.41) is 6.64. The lowest BCUT2D eigenvalue weighted by Gasteiger charge is -2.26. The number of halogens is 1. The molecule has 1 saturated heterocycles. The number of pyridine rings is 1. The molecule has 2 unspecified atom stereocenters. The van der Waals surface area contributed by atoms with E-state index < -0.39 is 11.8 Å². The second-order valence-corrected chi connectivity index (χ2v) is 10.4. The summed E-state index contributed by atoms with van der Waals surface area (Å²) in [5.41, 5.74) is 4.09. The van der Waals surface area contributed by atoms with E-state index in [1.54, 1.807) is 0 Å². The average molecular weight is 491 g/mol. The van der Waals surface area contributed by atoms with Crippen LogP contribution in [-0.4, -0.2) is 53.9 Å². The minimum Gasteiger partial charge on any atom is -0.449 e. The van der Waals surface area contributed by atoms with Gasteiger partial charge in [-0.25, -0.2) is 9.18 Å². The monoisotopic (exact) mass is 490 g/mol. The molecule has 2 fully saturated rings. The highest BCUT2D eigenvalue weighted by Gasteiger charge is 2.40. The molecule has 0 spiro atoms. The molecule has 6 nitrogen and oxygen atoms in total. The lowest BCUT2D eigenvalue weighted by molar-refractivity contribution is 0.101. The summed E-state index contributed by atoms with van der Waals surface area (Å²) in [4.78, 5) is 18.3. The van der Waals surface area contributed by atoms with Gasteiger partial charge in [0.25, 0.3) is 0 Å². The number of hydrogen-bond acceptors (Lipinski definition) is 5. The van der Waals surface area contributed by atoms with Crippen LogP contribution in [0, 0.1) is 19.8 Å². The largest absolute Gasteiger partial charge is 0.449 e. The van der Waals surface area contributed by atoms with E-state index in [0.29, 0.717) is 18.4 Å². The molecule has 36 heavy (non-hydrogen) atoms. The van der Waals surface area contributed by atoms with Gasteiger partial charge in [-0.2, -0.15) is 0 Å². The minimum absolute atomic E-state index is 0.160. The first-order valence-electron chi connectivity index (χ1n) is 12.9. The lowest BCUT2D eigenvalue weighted by Crippen LogP contribution is -2.38. The molecule has 1 aliphatic carbocycles. The van der Waals surface area contributed by atoms with Gasteiger partial charge in [0.1, 0.15) is 0 Å². The molecule has 1 aromatic heterocycles. The minimum atomic E-state index is -1.63. The van der Waals surface area contributed by atoms with Crippen LogP contribution in [0.25, 0.3) is 11.3 Å². The van der Waals surface area contributed by atoms with Crippen molar-refractivity contribution in [3.8, 4) is 11.3 Å². The second kappa shape index (κ2) is 10.5.